The van der Waals surface area contributed by atoms with Crippen molar-refractivity contribution in [3.63, 3.8) is 0 Å². The fraction of sp³-hybridized carbons (Fsp3) is 0.444. The van der Waals surface area contributed by atoms with E-state index in [9.17, 15) is 9.59 Å². The third kappa shape index (κ3) is 4.69. The van der Waals surface area contributed by atoms with Crippen molar-refractivity contribution >= 4 is 35.0 Å². The SMILES string of the molecule is CN1CCN(/C=C2\CC(C(=O)NCc3ccc(Cl)cc3Cl)NC2=O)CC1. The van der Waals surface area contributed by atoms with Gasteiger partial charge in [-0.2, -0.15) is 0 Å². The highest BCUT2D eigenvalue weighted by Crippen LogP contribution is 2.21. The molecule has 8 heteroatoms. The van der Waals surface area contributed by atoms with Gasteiger partial charge >= 0.3 is 0 Å². The van der Waals surface area contributed by atoms with Gasteiger partial charge in [0.15, 0.2) is 0 Å². The first-order valence-corrected chi connectivity index (χ1v) is 9.34. The first-order valence-electron chi connectivity index (χ1n) is 8.58. The van der Waals surface area contributed by atoms with Gasteiger partial charge in [0.2, 0.25) is 11.8 Å². The van der Waals surface area contributed by atoms with Crippen LogP contribution in [0, 0.1) is 0 Å². The Morgan fingerprint density at radius 3 is 2.73 bits per heavy atom. The molecule has 1 unspecified atom stereocenters. The molecule has 0 aromatic heterocycles. The van der Waals surface area contributed by atoms with Gasteiger partial charge in [0.05, 0.1) is 0 Å². The Kier molecular flexibility index (Phi) is 6.06. The number of halogens is 2. The monoisotopic (exact) mass is 396 g/mol. The molecule has 0 bridgehead atoms. The molecule has 2 aliphatic heterocycles. The molecule has 2 saturated heterocycles. The minimum absolute atomic E-state index is 0.173. The van der Waals surface area contributed by atoms with Gasteiger partial charge in [0.25, 0.3) is 0 Å². The van der Waals surface area contributed by atoms with Crippen molar-refractivity contribution in [2.24, 2.45) is 0 Å². The van der Waals surface area contributed by atoms with Crippen LogP contribution >= 0.6 is 23.2 Å². The summed E-state index contributed by atoms with van der Waals surface area (Å²) >= 11 is 12.0. The average Bonchev–Trinajstić information content (AvgIpc) is 2.97. The minimum Gasteiger partial charge on any atom is -0.374 e. The number of nitrogens with one attached hydrogen (secondary N) is 2. The van der Waals surface area contributed by atoms with Crippen LogP contribution in [-0.2, 0) is 16.1 Å². The third-order valence-corrected chi connectivity index (χ3v) is 5.27. The Balaban J connectivity index is 1.55. The van der Waals surface area contributed by atoms with Crippen molar-refractivity contribution in [2.75, 3.05) is 33.2 Å². The largest absolute Gasteiger partial charge is 0.374 e. The molecule has 1 atom stereocenters. The lowest BCUT2D eigenvalue weighted by atomic mass is 10.1. The lowest BCUT2D eigenvalue weighted by Crippen LogP contribution is -2.42. The number of carbonyl (C=O) groups is 2. The van der Waals surface area contributed by atoms with Crippen molar-refractivity contribution in [2.45, 2.75) is 19.0 Å². The van der Waals surface area contributed by atoms with Crippen LogP contribution in [0.25, 0.3) is 0 Å². The van der Waals surface area contributed by atoms with Gasteiger partial charge in [-0.05, 0) is 24.7 Å². The Morgan fingerprint density at radius 2 is 2.04 bits per heavy atom. The molecule has 2 fully saturated rings. The Morgan fingerprint density at radius 1 is 1.31 bits per heavy atom. The number of hydrogen-bond acceptors (Lipinski definition) is 4. The van der Waals surface area contributed by atoms with Crippen LogP contribution in [0.1, 0.15) is 12.0 Å². The van der Waals surface area contributed by atoms with E-state index in [0.29, 0.717) is 28.6 Å². The van der Waals surface area contributed by atoms with E-state index in [0.717, 1.165) is 31.7 Å². The molecule has 26 heavy (non-hydrogen) atoms. The van der Waals surface area contributed by atoms with Crippen molar-refractivity contribution in [1.82, 2.24) is 20.4 Å². The molecule has 0 spiro atoms. The molecule has 1 aromatic rings. The number of hydrogen-bond donors (Lipinski definition) is 2. The third-order valence-electron chi connectivity index (χ3n) is 4.68. The quantitative estimate of drug-likeness (QED) is 0.759. The zero-order valence-electron chi connectivity index (χ0n) is 14.6. The minimum atomic E-state index is -0.549. The van der Waals surface area contributed by atoms with E-state index in [1.807, 2.05) is 6.20 Å². The van der Waals surface area contributed by atoms with E-state index in [1.54, 1.807) is 18.2 Å². The van der Waals surface area contributed by atoms with Gasteiger partial charge < -0.3 is 20.4 Å². The van der Waals surface area contributed by atoms with Crippen LogP contribution in [0.4, 0.5) is 0 Å². The first-order chi connectivity index (χ1) is 12.4. The van der Waals surface area contributed by atoms with E-state index < -0.39 is 6.04 Å². The summed E-state index contributed by atoms with van der Waals surface area (Å²) < 4.78 is 0. The fourth-order valence-electron chi connectivity index (χ4n) is 3.03. The summed E-state index contributed by atoms with van der Waals surface area (Å²) in [7, 11) is 2.08. The topological polar surface area (TPSA) is 64.7 Å². The number of nitrogens with zero attached hydrogens (tertiary/aromatic N) is 2. The molecule has 2 heterocycles. The standard InChI is InChI=1S/C18H22Cl2N4O2/c1-23-4-6-24(7-5-23)11-13-8-16(22-17(13)25)18(26)21-10-12-2-3-14(19)9-15(12)20/h2-3,9,11,16H,4-8,10H2,1H3,(H,21,26)(H,22,25)/b13-11+. The summed E-state index contributed by atoms with van der Waals surface area (Å²) in [6, 6.07) is 4.59. The molecule has 0 radical (unpaired) electrons. The van der Waals surface area contributed by atoms with Gasteiger partial charge in [-0.3, -0.25) is 9.59 Å². The summed E-state index contributed by atoms with van der Waals surface area (Å²) in [6.07, 6.45) is 2.29. The normalized spacial score (nSPS) is 22.6. The summed E-state index contributed by atoms with van der Waals surface area (Å²) in [5.41, 5.74) is 1.43. The van der Waals surface area contributed by atoms with Crippen molar-refractivity contribution < 1.29 is 9.59 Å². The van der Waals surface area contributed by atoms with Crippen LogP contribution in [0.2, 0.25) is 10.0 Å². The molecule has 0 saturated carbocycles. The second-order valence-corrected chi connectivity index (χ2v) is 7.52. The number of carbonyl (C=O) groups excluding carboxylic acids is 2. The van der Waals surface area contributed by atoms with Gasteiger partial charge in [-0.25, -0.2) is 0 Å². The molecule has 140 valence electrons. The number of likely N-dealkylation sites (N-methyl/N-ethyl adjacent to an activating group) is 1. The first kappa shape index (κ1) is 19.0. The van der Waals surface area contributed by atoms with Crippen molar-refractivity contribution in [3.8, 4) is 0 Å². The Labute approximate surface area is 163 Å². The molecular formula is C18H22Cl2N4O2. The zero-order chi connectivity index (χ0) is 18.7. The molecule has 6 nitrogen and oxygen atoms in total. The van der Waals surface area contributed by atoms with Crippen molar-refractivity contribution in [3.05, 3.63) is 45.6 Å². The maximum absolute atomic E-state index is 12.4. The second-order valence-electron chi connectivity index (χ2n) is 6.68. The van der Waals surface area contributed by atoms with Gasteiger partial charge in [-0.1, -0.05) is 29.3 Å². The van der Waals surface area contributed by atoms with Gasteiger partial charge in [-0.15, -0.1) is 0 Å². The van der Waals surface area contributed by atoms with Gasteiger partial charge in [0.1, 0.15) is 6.04 Å². The number of amides is 2. The van der Waals surface area contributed by atoms with Gasteiger partial charge in [0, 0.05) is 61.0 Å². The molecule has 2 aliphatic rings. The molecular weight excluding hydrogens is 375 g/mol. The predicted octanol–water partition coefficient (Wildman–Crippen LogP) is 1.63. The molecule has 3 rings (SSSR count). The lowest BCUT2D eigenvalue weighted by Gasteiger charge is -2.31. The Hall–Kier alpha value is -1.76. The predicted molar refractivity (Wildman–Crippen MR) is 102 cm³/mol. The lowest BCUT2D eigenvalue weighted by molar-refractivity contribution is -0.125. The highest BCUT2D eigenvalue weighted by atomic mass is 35.5. The van der Waals surface area contributed by atoms with Crippen molar-refractivity contribution in [1.29, 1.82) is 0 Å². The average molecular weight is 397 g/mol. The van der Waals surface area contributed by atoms with Crippen LogP contribution in [0.5, 0.6) is 0 Å². The number of rotatable bonds is 4. The molecule has 2 N–H and O–H groups in total. The van der Waals surface area contributed by atoms with E-state index in [1.165, 1.54) is 0 Å². The van der Waals surface area contributed by atoms with E-state index >= 15 is 0 Å². The second kappa shape index (κ2) is 8.29. The summed E-state index contributed by atoms with van der Waals surface area (Å²) in [4.78, 5) is 28.9. The number of benzene rings is 1. The Bertz CT molecular complexity index is 730. The fourth-order valence-corrected chi connectivity index (χ4v) is 3.50. The van der Waals surface area contributed by atoms with Crippen LogP contribution in [0.15, 0.2) is 30.0 Å². The molecule has 0 aliphatic carbocycles. The van der Waals surface area contributed by atoms with E-state index in [-0.39, 0.29) is 11.8 Å². The highest BCUT2D eigenvalue weighted by molar-refractivity contribution is 6.35. The summed E-state index contributed by atoms with van der Waals surface area (Å²) in [6.45, 7) is 4.01. The summed E-state index contributed by atoms with van der Waals surface area (Å²) in [5, 5.41) is 6.63. The zero-order valence-corrected chi connectivity index (χ0v) is 16.1. The summed E-state index contributed by atoms with van der Waals surface area (Å²) in [5.74, 6) is -0.389. The maximum atomic E-state index is 12.4. The molecule has 2 amide bonds. The van der Waals surface area contributed by atoms with Crippen LogP contribution < -0.4 is 10.6 Å². The van der Waals surface area contributed by atoms with E-state index in [2.05, 4.69) is 27.5 Å². The number of piperazine rings is 1. The highest BCUT2D eigenvalue weighted by Gasteiger charge is 2.32. The maximum Gasteiger partial charge on any atom is 0.249 e. The van der Waals surface area contributed by atoms with E-state index in [4.69, 9.17) is 23.2 Å². The van der Waals surface area contributed by atoms with Crippen LogP contribution in [-0.4, -0.2) is 60.9 Å². The smallest absolute Gasteiger partial charge is 0.249 e. The molecule has 1 aromatic carbocycles. The van der Waals surface area contributed by atoms with Crippen LogP contribution in [0.3, 0.4) is 0 Å².